The molecule has 3 heterocycles. The minimum absolute atomic E-state index is 0.0437. The van der Waals surface area contributed by atoms with Gasteiger partial charge in [0.25, 0.3) is 0 Å². The Morgan fingerprint density at radius 1 is 1.32 bits per heavy atom. The Labute approximate surface area is 166 Å². The number of amides is 1. The first-order valence-electron chi connectivity index (χ1n) is 9.28. The van der Waals surface area contributed by atoms with E-state index in [2.05, 4.69) is 20.3 Å². The van der Waals surface area contributed by atoms with Crippen molar-refractivity contribution in [2.24, 2.45) is 5.92 Å². The first-order chi connectivity index (χ1) is 13.6. The first-order valence-corrected chi connectivity index (χ1v) is 10.1. The summed E-state index contributed by atoms with van der Waals surface area (Å²) in [5.41, 5.74) is 1.64. The molecular formula is C19H22FN5O2S. The molecule has 7 nitrogen and oxygen atoms in total. The number of nitrogens with zero attached hydrogens (tertiary/aromatic N) is 4. The van der Waals surface area contributed by atoms with Gasteiger partial charge in [0.2, 0.25) is 16.0 Å². The van der Waals surface area contributed by atoms with E-state index in [1.54, 1.807) is 23.8 Å². The molecule has 1 aromatic carbocycles. The fraction of sp³-hybridized carbons (Fsp3) is 0.421. The van der Waals surface area contributed by atoms with Crippen LogP contribution in [0, 0.1) is 11.7 Å². The number of hydrogen-bond acceptors (Lipinski definition) is 6. The third-order valence-electron chi connectivity index (χ3n) is 4.91. The highest BCUT2D eigenvalue weighted by Gasteiger charge is 2.26. The molecule has 4 rings (SSSR count). The predicted octanol–water partition coefficient (Wildman–Crippen LogP) is 2.58. The Hall–Kier alpha value is -2.52. The van der Waals surface area contributed by atoms with Crippen LogP contribution in [0.3, 0.4) is 0 Å². The van der Waals surface area contributed by atoms with Crippen molar-refractivity contribution in [1.82, 2.24) is 19.9 Å². The maximum absolute atomic E-state index is 13.1. The number of halogens is 1. The molecule has 0 radical (unpaired) electrons. The van der Waals surface area contributed by atoms with E-state index in [0.717, 1.165) is 47.3 Å². The molecule has 28 heavy (non-hydrogen) atoms. The average Bonchev–Trinajstić information content (AvgIpc) is 3.28. The van der Waals surface area contributed by atoms with E-state index in [0.29, 0.717) is 13.2 Å². The number of piperidine rings is 1. The van der Waals surface area contributed by atoms with E-state index in [1.165, 1.54) is 23.5 Å². The zero-order valence-corrected chi connectivity index (χ0v) is 16.4. The lowest BCUT2D eigenvalue weighted by molar-refractivity contribution is -0.125. The van der Waals surface area contributed by atoms with Crippen LogP contribution in [0.25, 0.3) is 16.2 Å². The normalized spacial score (nSPS) is 15.3. The summed E-state index contributed by atoms with van der Waals surface area (Å²) in [6.07, 6.45) is 3.47. The van der Waals surface area contributed by atoms with Crippen molar-refractivity contribution in [1.29, 1.82) is 0 Å². The van der Waals surface area contributed by atoms with Gasteiger partial charge in [-0.25, -0.2) is 13.9 Å². The smallest absolute Gasteiger partial charge is 0.223 e. The molecule has 1 aliphatic rings. The van der Waals surface area contributed by atoms with Gasteiger partial charge in [0.1, 0.15) is 5.82 Å². The van der Waals surface area contributed by atoms with Gasteiger partial charge in [-0.3, -0.25) is 4.79 Å². The summed E-state index contributed by atoms with van der Waals surface area (Å²) in [6, 6.07) is 6.28. The van der Waals surface area contributed by atoms with Gasteiger partial charge >= 0.3 is 0 Å². The van der Waals surface area contributed by atoms with Gasteiger partial charge in [-0.1, -0.05) is 11.3 Å². The number of fused-ring (bicyclic) bond motifs is 1. The fourth-order valence-corrected chi connectivity index (χ4v) is 4.27. The fourth-order valence-electron chi connectivity index (χ4n) is 3.33. The zero-order chi connectivity index (χ0) is 19.5. The van der Waals surface area contributed by atoms with E-state index < -0.39 is 0 Å². The highest BCUT2D eigenvalue weighted by atomic mass is 32.1. The van der Waals surface area contributed by atoms with Gasteiger partial charge in [-0.2, -0.15) is 0 Å². The number of ether oxygens (including phenoxy) is 1. The van der Waals surface area contributed by atoms with Crippen LogP contribution in [-0.2, 0) is 9.53 Å². The van der Waals surface area contributed by atoms with Crippen LogP contribution in [0.2, 0.25) is 0 Å². The van der Waals surface area contributed by atoms with Crippen molar-refractivity contribution < 1.29 is 13.9 Å². The van der Waals surface area contributed by atoms with Crippen LogP contribution < -0.4 is 10.2 Å². The van der Waals surface area contributed by atoms with Gasteiger partial charge < -0.3 is 15.0 Å². The van der Waals surface area contributed by atoms with E-state index in [-0.39, 0.29) is 17.6 Å². The van der Waals surface area contributed by atoms with Crippen molar-refractivity contribution in [3.05, 3.63) is 36.3 Å². The third kappa shape index (κ3) is 4.00. The molecule has 0 unspecified atom stereocenters. The van der Waals surface area contributed by atoms with Crippen molar-refractivity contribution in [3.8, 4) is 11.3 Å². The molecule has 0 atom stereocenters. The topological polar surface area (TPSA) is 71.8 Å². The van der Waals surface area contributed by atoms with Gasteiger partial charge in [-0.05, 0) is 37.1 Å². The molecule has 0 saturated carbocycles. The van der Waals surface area contributed by atoms with E-state index in [9.17, 15) is 9.18 Å². The highest BCUT2D eigenvalue weighted by molar-refractivity contribution is 7.20. The second-order valence-electron chi connectivity index (χ2n) is 6.79. The van der Waals surface area contributed by atoms with Crippen molar-refractivity contribution >= 4 is 27.3 Å². The quantitative estimate of drug-likeness (QED) is 0.641. The summed E-state index contributed by atoms with van der Waals surface area (Å²) < 4.78 is 19.8. The number of rotatable bonds is 6. The maximum atomic E-state index is 13.1. The van der Waals surface area contributed by atoms with E-state index >= 15 is 0 Å². The lowest BCUT2D eigenvalue weighted by Crippen LogP contribution is -2.41. The standard InChI is InChI=1S/C19H22FN5O2S/c1-27-11-8-21-17(26)14-6-9-24(10-7-14)19-23-25-12-16(22-18(25)28-19)13-2-4-15(20)5-3-13/h2-5,12,14H,6-11H2,1H3,(H,21,26). The number of imidazole rings is 1. The van der Waals surface area contributed by atoms with Crippen molar-refractivity contribution in [2.75, 3.05) is 38.3 Å². The molecule has 3 aromatic rings. The van der Waals surface area contributed by atoms with Crippen LogP contribution >= 0.6 is 11.3 Å². The Bertz CT molecular complexity index is 916. The minimum Gasteiger partial charge on any atom is -0.383 e. The molecule has 0 spiro atoms. The lowest BCUT2D eigenvalue weighted by Gasteiger charge is -2.30. The van der Waals surface area contributed by atoms with Gasteiger partial charge in [0.15, 0.2) is 0 Å². The predicted molar refractivity (Wildman–Crippen MR) is 106 cm³/mol. The Morgan fingerprint density at radius 2 is 2.07 bits per heavy atom. The number of methoxy groups -OCH3 is 1. The summed E-state index contributed by atoms with van der Waals surface area (Å²) in [7, 11) is 1.62. The van der Waals surface area contributed by atoms with Gasteiger partial charge in [0, 0.05) is 38.2 Å². The monoisotopic (exact) mass is 403 g/mol. The molecule has 0 bridgehead atoms. The Kier molecular flexibility index (Phi) is 5.54. The van der Waals surface area contributed by atoms with Gasteiger partial charge in [0.05, 0.1) is 18.5 Å². The number of carbonyl (C=O) groups excluding carboxylic acids is 1. The molecule has 1 aliphatic heterocycles. The van der Waals surface area contributed by atoms with Crippen LogP contribution in [0.15, 0.2) is 30.5 Å². The molecule has 1 amide bonds. The summed E-state index contributed by atoms with van der Waals surface area (Å²) in [6.45, 7) is 2.67. The largest absolute Gasteiger partial charge is 0.383 e. The number of carbonyl (C=O) groups is 1. The summed E-state index contributed by atoms with van der Waals surface area (Å²) in [4.78, 5) is 19.8. The number of benzene rings is 1. The highest BCUT2D eigenvalue weighted by Crippen LogP contribution is 2.29. The average molecular weight is 403 g/mol. The molecule has 1 fully saturated rings. The molecule has 0 aliphatic carbocycles. The SMILES string of the molecule is COCCNC(=O)C1CCN(c2nn3cc(-c4ccc(F)cc4)nc3s2)CC1. The Balaban J connectivity index is 1.38. The molecule has 1 saturated heterocycles. The van der Waals surface area contributed by atoms with Crippen molar-refractivity contribution in [3.63, 3.8) is 0 Å². The van der Waals surface area contributed by atoms with Crippen LogP contribution in [-0.4, -0.2) is 53.9 Å². The maximum Gasteiger partial charge on any atom is 0.223 e. The molecule has 148 valence electrons. The second kappa shape index (κ2) is 8.24. The lowest BCUT2D eigenvalue weighted by atomic mass is 9.96. The first kappa shape index (κ1) is 18.8. The van der Waals surface area contributed by atoms with E-state index in [1.807, 2.05) is 6.20 Å². The second-order valence-corrected chi connectivity index (χ2v) is 7.72. The van der Waals surface area contributed by atoms with Crippen LogP contribution in [0.4, 0.5) is 9.52 Å². The summed E-state index contributed by atoms with van der Waals surface area (Å²) >= 11 is 1.52. The summed E-state index contributed by atoms with van der Waals surface area (Å²) in [5.74, 6) is -0.113. The molecule has 9 heteroatoms. The number of aromatic nitrogens is 3. The molecule has 2 aromatic heterocycles. The number of anilines is 1. The number of hydrogen-bond donors (Lipinski definition) is 1. The van der Waals surface area contributed by atoms with Crippen molar-refractivity contribution in [2.45, 2.75) is 12.8 Å². The zero-order valence-electron chi connectivity index (χ0n) is 15.6. The summed E-state index contributed by atoms with van der Waals surface area (Å²) in [5, 5.41) is 8.46. The van der Waals surface area contributed by atoms with Crippen LogP contribution in [0.5, 0.6) is 0 Å². The van der Waals surface area contributed by atoms with Crippen LogP contribution in [0.1, 0.15) is 12.8 Å². The minimum atomic E-state index is -0.263. The third-order valence-corrected chi connectivity index (χ3v) is 5.90. The van der Waals surface area contributed by atoms with Gasteiger partial charge in [-0.15, -0.1) is 5.10 Å². The molecular weight excluding hydrogens is 381 g/mol. The van der Waals surface area contributed by atoms with E-state index in [4.69, 9.17) is 4.74 Å². The Morgan fingerprint density at radius 3 is 2.75 bits per heavy atom. The molecule has 1 N–H and O–H groups in total. The number of nitrogens with one attached hydrogen (secondary N) is 1.